The van der Waals surface area contributed by atoms with E-state index in [1.54, 1.807) is 6.20 Å². The quantitative estimate of drug-likeness (QED) is 0.851. The van der Waals surface area contributed by atoms with Gasteiger partial charge in [-0.05, 0) is 13.3 Å². The second kappa shape index (κ2) is 7.17. The van der Waals surface area contributed by atoms with Gasteiger partial charge in [0.05, 0.1) is 28.5 Å². The summed E-state index contributed by atoms with van der Waals surface area (Å²) >= 11 is 0. The maximum Gasteiger partial charge on any atom is 0.257 e. The molecule has 1 aliphatic rings. The predicted molar refractivity (Wildman–Crippen MR) is 94.0 cm³/mol. The molecule has 2 aromatic rings. The summed E-state index contributed by atoms with van der Waals surface area (Å²) in [7, 11) is 0. The van der Waals surface area contributed by atoms with E-state index in [9.17, 15) is 4.79 Å². The molecule has 1 aliphatic heterocycles. The van der Waals surface area contributed by atoms with E-state index in [-0.39, 0.29) is 18.3 Å². The van der Waals surface area contributed by atoms with Crippen molar-refractivity contribution < 1.29 is 4.79 Å². The zero-order valence-corrected chi connectivity index (χ0v) is 14.5. The third-order valence-electron chi connectivity index (χ3n) is 4.38. The largest absolute Gasteiger partial charge is 0.397 e. The molecule has 126 valence electrons. The molecule has 0 fully saturated rings. The van der Waals surface area contributed by atoms with Gasteiger partial charge in [0.25, 0.3) is 5.91 Å². The Bertz CT molecular complexity index is 712. The molecule has 1 amide bonds. The molecule has 3 rings (SSSR count). The van der Waals surface area contributed by atoms with Crippen molar-refractivity contribution in [2.75, 3.05) is 18.8 Å². The number of hydrogen-bond acceptors (Lipinski definition) is 4. The second-order valence-corrected chi connectivity index (χ2v) is 5.79. The fraction of sp³-hybridized carbons (Fsp3) is 0.562. The number of nitrogens with zero attached hydrogens (tertiary/aromatic N) is 4. The molecule has 0 saturated heterocycles. The van der Waals surface area contributed by atoms with E-state index in [1.165, 1.54) is 12.8 Å². The number of carbonyl (C=O) groups is 1. The lowest BCUT2D eigenvalue weighted by Gasteiger charge is -2.27. The molecule has 0 radical (unpaired) electrons. The summed E-state index contributed by atoms with van der Waals surface area (Å²) in [4.78, 5) is 19.0. The molecule has 0 atom stereocenters. The zero-order valence-electron chi connectivity index (χ0n) is 13.7. The summed E-state index contributed by atoms with van der Waals surface area (Å²) in [6.45, 7) is 6.42. The molecular formula is C16H24ClN5O. The monoisotopic (exact) mass is 337 g/mol. The van der Waals surface area contributed by atoms with Gasteiger partial charge in [-0.3, -0.25) is 4.79 Å². The first-order valence-corrected chi connectivity index (χ1v) is 8.10. The van der Waals surface area contributed by atoms with Crippen LogP contribution < -0.4 is 5.73 Å². The average Bonchev–Trinajstić information content (AvgIpc) is 2.91. The first-order valence-electron chi connectivity index (χ1n) is 8.10. The van der Waals surface area contributed by atoms with Crippen molar-refractivity contribution in [3.05, 3.63) is 17.5 Å². The van der Waals surface area contributed by atoms with Crippen molar-refractivity contribution in [2.45, 2.75) is 46.1 Å². The highest BCUT2D eigenvalue weighted by molar-refractivity contribution is 6.07. The van der Waals surface area contributed by atoms with E-state index < -0.39 is 0 Å². The number of anilines is 1. The Balaban J connectivity index is 0.00000192. The Labute approximate surface area is 142 Å². The van der Waals surface area contributed by atoms with Gasteiger partial charge >= 0.3 is 0 Å². The van der Waals surface area contributed by atoms with Crippen LogP contribution in [0.25, 0.3) is 11.0 Å². The Kier molecular flexibility index (Phi) is 5.46. The molecule has 0 aromatic carbocycles. The number of aryl methyl sites for hydroxylation is 1. The number of hydrogen-bond donors (Lipinski definition) is 1. The number of carbonyl (C=O) groups excluding carboxylic acids is 1. The van der Waals surface area contributed by atoms with Crippen LogP contribution in [-0.2, 0) is 13.0 Å². The highest BCUT2D eigenvalue weighted by Crippen LogP contribution is 2.30. The number of fused-ring (bicyclic) bond motifs is 2. The van der Waals surface area contributed by atoms with Crippen molar-refractivity contribution in [1.82, 2.24) is 19.7 Å². The van der Waals surface area contributed by atoms with Gasteiger partial charge in [0.1, 0.15) is 0 Å². The fourth-order valence-electron chi connectivity index (χ4n) is 3.06. The number of pyridine rings is 1. The number of rotatable bonds is 5. The van der Waals surface area contributed by atoms with E-state index in [1.807, 2.05) is 16.5 Å². The Morgan fingerprint density at radius 1 is 1.30 bits per heavy atom. The lowest BCUT2D eigenvalue weighted by molar-refractivity contribution is 0.0749. The van der Waals surface area contributed by atoms with Crippen LogP contribution in [0, 0.1) is 0 Å². The molecule has 3 heterocycles. The zero-order chi connectivity index (χ0) is 15.7. The fourth-order valence-corrected chi connectivity index (χ4v) is 3.06. The first kappa shape index (κ1) is 17.5. The van der Waals surface area contributed by atoms with Crippen LogP contribution in [0.2, 0.25) is 0 Å². The second-order valence-electron chi connectivity index (χ2n) is 5.79. The summed E-state index contributed by atoms with van der Waals surface area (Å²) in [5.74, 6) is -0.00520. The van der Waals surface area contributed by atoms with E-state index >= 15 is 0 Å². The number of amides is 1. The number of halogens is 1. The SMILES string of the molecule is CCCCCn1ncc2c(N)c3c(nc21)CCN(CC)C3=O.Cl. The molecule has 0 aliphatic carbocycles. The third-order valence-corrected chi connectivity index (χ3v) is 4.38. The van der Waals surface area contributed by atoms with Crippen LogP contribution >= 0.6 is 12.4 Å². The summed E-state index contributed by atoms with van der Waals surface area (Å²) < 4.78 is 1.91. The van der Waals surface area contributed by atoms with E-state index in [2.05, 4.69) is 12.0 Å². The Morgan fingerprint density at radius 2 is 2.09 bits per heavy atom. The van der Waals surface area contributed by atoms with Crippen LogP contribution in [0.15, 0.2) is 6.20 Å². The minimum Gasteiger partial charge on any atom is -0.397 e. The smallest absolute Gasteiger partial charge is 0.257 e. The highest BCUT2D eigenvalue weighted by atomic mass is 35.5. The third kappa shape index (κ3) is 3.00. The first-order chi connectivity index (χ1) is 10.7. The van der Waals surface area contributed by atoms with Crippen molar-refractivity contribution >= 4 is 35.0 Å². The maximum absolute atomic E-state index is 12.5. The van der Waals surface area contributed by atoms with Gasteiger partial charge < -0.3 is 10.6 Å². The number of likely N-dealkylation sites (N-methyl/N-ethyl adjacent to an activating group) is 1. The molecule has 2 aromatic heterocycles. The molecule has 23 heavy (non-hydrogen) atoms. The van der Waals surface area contributed by atoms with Crippen LogP contribution in [0.5, 0.6) is 0 Å². The van der Waals surface area contributed by atoms with Gasteiger partial charge in [0.15, 0.2) is 5.65 Å². The summed E-state index contributed by atoms with van der Waals surface area (Å²) in [5, 5.41) is 5.21. The molecule has 0 spiro atoms. The average molecular weight is 338 g/mol. The predicted octanol–water partition coefficient (Wildman–Crippen LogP) is 2.64. The van der Waals surface area contributed by atoms with Crippen LogP contribution in [0.3, 0.4) is 0 Å². The number of unbranched alkanes of at least 4 members (excludes halogenated alkanes) is 2. The van der Waals surface area contributed by atoms with Gasteiger partial charge in [0, 0.05) is 26.1 Å². The van der Waals surface area contributed by atoms with Crippen molar-refractivity contribution in [3.63, 3.8) is 0 Å². The minimum absolute atomic E-state index is 0. The van der Waals surface area contributed by atoms with Crippen LogP contribution in [-0.4, -0.2) is 38.7 Å². The van der Waals surface area contributed by atoms with Crippen LogP contribution in [0.1, 0.15) is 49.2 Å². The standard InChI is InChI=1S/C16H23N5O.ClH/c1-3-5-6-8-21-15-11(10-18-21)14(17)13-12(19-15)7-9-20(4-2)16(13)22;/h10H,3-9H2,1-2H3,(H2,17,19);1H. The molecule has 7 heteroatoms. The van der Waals surface area contributed by atoms with Gasteiger partial charge in [-0.15, -0.1) is 12.4 Å². The van der Waals surface area contributed by atoms with Gasteiger partial charge in [0.2, 0.25) is 0 Å². The highest BCUT2D eigenvalue weighted by Gasteiger charge is 2.28. The van der Waals surface area contributed by atoms with E-state index in [0.717, 1.165) is 36.1 Å². The maximum atomic E-state index is 12.5. The van der Waals surface area contributed by atoms with E-state index in [4.69, 9.17) is 10.7 Å². The van der Waals surface area contributed by atoms with Crippen molar-refractivity contribution in [3.8, 4) is 0 Å². The number of nitrogens with two attached hydrogens (primary N) is 1. The van der Waals surface area contributed by atoms with Gasteiger partial charge in [-0.2, -0.15) is 5.10 Å². The number of nitrogen functional groups attached to an aromatic ring is 1. The molecule has 6 nitrogen and oxygen atoms in total. The van der Waals surface area contributed by atoms with E-state index in [0.29, 0.717) is 24.3 Å². The molecule has 0 saturated carbocycles. The Hall–Kier alpha value is -1.82. The molecule has 2 N–H and O–H groups in total. The number of aromatic nitrogens is 3. The minimum atomic E-state index is -0.00520. The summed E-state index contributed by atoms with van der Waals surface area (Å²) in [6, 6.07) is 0. The molecule has 0 unspecified atom stereocenters. The van der Waals surface area contributed by atoms with Gasteiger partial charge in [-0.25, -0.2) is 9.67 Å². The molecular weight excluding hydrogens is 314 g/mol. The molecule has 0 bridgehead atoms. The van der Waals surface area contributed by atoms with Crippen LogP contribution in [0.4, 0.5) is 5.69 Å². The Morgan fingerprint density at radius 3 is 2.78 bits per heavy atom. The lowest BCUT2D eigenvalue weighted by Crippen LogP contribution is -2.38. The van der Waals surface area contributed by atoms with Gasteiger partial charge in [-0.1, -0.05) is 19.8 Å². The normalized spacial score (nSPS) is 14.0. The van der Waals surface area contributed by atoms with Crippen molar-refractivity contribution in [2.24, 2.45) is 0 Å². The topological polar surface area (TPSA) is 77.0 Å². The van der Waals surface area contributed by atoms with Crippen molar-refractivity contribution in [1.29, 1.82) is 0 Å². The summed E-state index contributed by atoms with van der Waals surface area (Å²) in [6.07, 6.45) is 5.92. The summed E-state index contributed by atoms with van der Waals surface area (Å²) in [5.41, 5.74) is 9.01. The lowest BCUT2D eigenvalue weighted by atomic mass is 10.0.